The maximum atomic E-state index is 13.2. The van der Waals surface area contributed by atoms with Crippen LogP contribution >= 0.6 is 0 Å². The van der Waals surface area contributed by atoms with E-state index in [-0.39, 0.29) is 11.9 Å². The van der Waals surface area contributed by atoms with Gasteiger partial charge in [-0.15, -0.1) is 0 Å². The highest BCUT2D eigenvalue weighted by molar-refractivity contribution is 5.85. The summed E-state index contributed by atoms with van der Waals surface area (Å²) in [6.07, 6.45) is 1.80. The van der Waals surface area contributed by atoms with E-state index in [0.29, 0.717) is 52.0 Å². The van der Waals surface area contributed by atoms with Crippen molar-refractivity contribution < 1.29 is 14.3 Å². The minimum Gasteiger partial charge on any atom is -0.382 e. The molecule has 3 amide bonds. The Kier molecular flexibility index (Phi) is 7.61. The van der Waals surface area contributed by atoms with Gasteiger partial charge >= 0.3 is 6.03 Å². The number of carbonyl (C=O) groups is 2. The second-order valence-electron chi connectivity index (χ2n) is 8.36. The number of amides is 3. The van der Waals surface area contributed by atoms with Crippen LogP contribution in [0.3, 0.4) is 0 Å². The summed E-state index contributed by atoms with van der Waals surface area (Å²) in [5.41, 5.74) is 2.04. The lowest BCUT2D eigenvalue weighted by Crippen LogP contribution is -2.49. The van der Waals surface area contributed by atoms with Crippen LogP contribution in [0.1, 0.15) is 24.3 Å². The second-order valence-corrected chi connectivity index (χ2v) is 8.36. The van der Waals surface area contributed by atoms with E-state index in [9.17, 15) is 9.59 Å². The number of hydrogen-bond donors (Lipinski definition) is 2. The highest BCUT2D eigenvalue weighted by atomic mass is 16.5. The molecule has 7 nitrogen and oxygen atoms in total. The highest BCUT2D eigenvalue weighted by Gasteiger charge is 2.29. The molecule has 0 aromatic heterocycles. The highest BCUT2D eigenvalue weighted by Crippen LogP contribution is 2.20. The number of anilines is 1. The molecule has 1 atom stereocenters. The summed E-state index contributed by atoms with van der Waals surface area (Å²) in [5.74, 6) is -0.346. The number of hydrogen-bond acceptors (Lipinski definition) is 4. The molecule has 0 bridgehead atoms. The zero-order chi connectivity index (χ0) is 22.2. The zero-order valence-electron chi connectivity index (χ0n) is 18.4. The summed E-state index contributed by atoms with van der Waals surface area (Å²) in [4.78, 5) is 29.7. The van der Waals surface area contributed by atoms with E-state index in [2.05, 4.69) is 22.8 Å². The van der Waals surface area contributed by atoms with Crippen LogP contribution in [-0.2, 0) is 9.53 Å². The van der Waals surface area contributed by atoms with Gasteiger partial charge in [0, 0.05) is 44.5 Å². The molecule has 0 radical (unpaired) electrons. The van der Waals surface area contributed by atoms with Gasteiger partial charge in [0.05, 0.1) is 19.1 Å². The van der Waals surface area contributed by atoms with Gasteiger partial charge in [0.2, 0.25) is 5.91 Å². The van der Waals surface area contributed by atoms with Crippen LogP contribution in [0.5, 0.6) is 0 Å². The third-order valence-corrected chi connectivity index (χ3v) is 6.21. The van der Waals surface area contributed by atoms with E-state index < -0.39 is 5.92 Å². The molecule has 2 N–H and O–H groups in total. The van der Waals surface area contributed by atoms with E-state index in [4.69, 9.17) is 4.74 Å². The number of nitrogens with zero attached hydrogens (tertiary/aromatic N) is 2. The molecule has 2 saturated heterocycles. The van der Waals surface area contributed by atoms with Crippen LogP contribution in [0, 0.1) is 0 Å². The summed E-state index contributed by atoms with van der Waals surface area (Å²) >= 11 is 0. The number of nitrogens with one attached hydrogen (secondary N) is 2. The van der Waals surface area contributed by atoms with E-state index in [1.165, 1.54) is 0 Å². The van der Waals surface area contributed by atoms with E-state index >= 15 is 0 Å². The SMILES string of the molecule is O=C(NCC(C(=O)N1CCOCC1)c1ccccc1)N1CCC(Nc2ccccc2)CC1. The average Bonchev–Trinajstić information content (AvgIpc) is 2.86. The van der Waals surface area contributed by atoms with Crippen LogP contribution in [-0.4, -0.2) is 73.7 Å². The minimum absolute atomic E-state index is 0.0468. The summed E-state index contributed by atoms with van der Waals surface area (Å²) in [6.45, 7) is 4.00. The number of morpholine rings is 1. The van der Waals surface area contributed by atoms with Crippen molar-refractivity contribution in [2.24, 2.45) is 0 Å². The Balaban J connectivity index is 1.31. The van der Waals surface area contributed by atoms with Gasteiger partial charge in [-0.25, -0.2) is 4.79 Å². The quantitative estimate of drug-likeness (QED) is 0.730. The molecule has 0 aliphatic carbocycles. The summed E-state index contributed by atoms with van der Waals surface area (Å²) in [6, 6.07) is 20.1. The predicted molar refractivity (Wildman–Crippen MR) is 125 cm³/mol. The largest absolute Gasteiger partial charge is 0.382 e. The Bertz CT molecular complexity index is 863. The van der Waals surface area contributed by atoms with Crippen LogP contribution in [0.15, 0.2) is 60.7 Å². The molecule has 32 heavy (non-hydrogen) atoms. The third kappa shape index (κ3) is 5.79. The summed E-state index contributed by atoms with van der Waals surface area (Å²) in [7, 11) is 0. The van der Waals surface area contributed by atoms with Crippen LogP contribution in [0.25, 0.3) is 0 Å². The second kappa shape index (κ2) is 11.0. The molecule has 0 saturated carbocycles. The van der Waals surface area contributed by atoms with E-state index in [1.54, 1.807) is 0 Å². The maximum absolute atomic E-state index is 13.2. The van der Waals surface area contributed by atoms with Crippen molar-refractivity contribution in [1.29, 1.82) is 0 Å². The molecule has 2 aliphatic heterocycles. The fraction of sp³-hybridized carbons (Fsp3) is 0.440. The minimum atomic E-state index is -0.393. The lowest BCUT2D eigenvalue weighted by atomic mass is 9.97. The first-order valence-corrected chi connectivity index (χ1v) is 11.5. The monoisotopic (exact) mass is 436 g/mol. The van der Waals surface area contributed by atoms with Gasteiger partial charge < -0.3 is 25.2 Å². The van der Waals surface area contributed by atoms with Crippen LogP contribution in [0.4, 0.5) is 10.5 Å². The standard InChI is InChI=1S/C25H32N4O3/c30-24(28-15-17-32-18-16-28)23(20-7-3-1-4-8-20)19-26-25(31)29-13-11-22(12-14-29)27-21-9-5-2-6-10-21/h1-10,22-23,27H,11-19H2,(H,26,31). The molecular formula is C25H32N4O3. The van der Waals surface area contributed by atoms with Crippen molar-refractivity contribution in [3.8, 4) is 0 Å². The molecule has 170 valence electrons. The normalized spacial score (nSPS) is 18.1. The van der Waals surface area contributed by atoms with Crippen molar-refractivity contribution in [2.75, 3.05) is 51.3 Å². The first-order valence-electron chi connectivity index (χ1n) is 11.5. The Morgan fingerprint density at radius 1 is 0.875 bits per heavy atom. The first kappa shape index (κ1) is 22.1. The molecule has 2 aromatic carbocycles. The number of piperidine rings is 1. The molecule has 7 heteroatoms. The van der Waals surface area contributed by atoms with Crippen molar-refractivity contribution in [1.82, 2.24) is 15.1 Å². The lowest BCUT2D eigenvalue weighted by molar-refractivity contribution is -0.136. The molecular weight excluding hydrogens is 404 g/mol. The lowest BCUT2D eigenvalue weighted by Gasteiger charge is -2.34. The molecule has 2 aliphatic rings. The number of carbonyl (C=O) groups excluding carboxylic acids is 2. The van der Waals surface area contributed by atoms with E-state index in [1.807, 2.05) is 58.3 Å². The first-order chi connectivity index (χ1) is 15.7. The Morgan fingerprint density at radius 3 is 2.16 bits per heavy atom. The van der Waals surface area contributed by atoms with Gasteiger partial charge in [-0.1, -0.05) is 48.5 Å². The fourth-order valence-corrected chi connectivity index (χ4v) is 4.34. The van der Waals surface area contributed by atoms with Gasteiger partial charge in [0.25, 0.3) is 0 Å². The molecule has 4 rings (SSSR count). The number of likely N-dealkylation sites (tertiary alicyclic amines) is 1. The van der Waals surface area contributed by atoms with Gasteiger partial charge in [-0.05, 0) is 30.5 Å². The van der Waals surface area contributed by atoms with Crippen LogP contribution < -0.4 is 10.6 Å². The predicted octanol–water partition coefficient (Wildman–Crippen LogP) is 2.92. The number of urea groups is 1. The smallest absolute Gasteiger partial charge is 0.317 e. The topological polar surface area (TPSA) is 73.9 Å². The Hall–Kier alpha value is -3.06. The summed E-state index contributed by atoms with van der Waals surface area (Å²) < 4.78 is 5.38. The maximum Gasteiger partial charge on any atom is 0.317 e. The fourth-order valence-electron chi connectivity index (χ4n) is 4.34. The molecule has 2 aromatic rings. The number of para-hydroxylation sites is 1. The van der Waals surface area contributed by atoms with Gasteiger partial charge in [-0.3, -0.25) is 4.79 Å². The summed E-state index contributed by atoms with van der Waals surface area (Å²) in [5, 5.41) is 6.57. The molecule has 2 heterocycles. The number of benzene rings is 2. The van der Waals surface area contributed by atoms with Crippen LogP contribution in [0.2, 0.25) is 0 Å². The van der Waals surface area contributed by atoms with Crippen molar-refractivity contribution in [3.05, 3.63) is 66.2 Å². The Morgan fingerprint density at radius 2 is 1.50 bits per heavy atom. The van der Waals surface area contributed by atoms with E-state index in [0.717, 1.165) is 24.1 Å². The van der Waals surface area contributed by atoms with Crippen molar-refractivity contribution >= 4 is 17.6 Å². The van der Waals surface area contributed by atoms with Crippen molar-refractivity contribution in [3.63, 3.8) is 0 Å². The molecule has 2 fully saturated rings. The third-order valence-electron chi connectivity index (χ3n) is 6.21. The zero-order valence-corrected chi connectivity index (χ0v) is 18.4. The van der Waals surface area contributed by atoms with Crippen molar-refractivity contribution in [2.45, 2.75) is 24.8 Å². The van der Waals surface area contributed by atoms with Gasteiger partial charge in [0.1, 0.15) is 0 Å². The van der Waals surface area contributed by atoms with Gasteiger partial charge in [-0.2, -0.15) is 0 Å². The number of rotatable bonds is 6. The van der Waals surface area contributed by atoms with Gasteiger partial charge in [0.15, 0.2) is 0 Å². The molecule has 0 spiro atoms. The Labute approximate surface area is 189 Å². The molecule has 1 unspecified atom stereocenters. The number of ether oxygens (including phenoxy) is 1. The average molecular weight is 437 g/mol.